The van der Waals surface area contributed by atoms with Gasteiger partial charge in [0, 0.05) is 18.5 Å². The minimum Gasteiger partial charge on any atom is -0.494 e. The number of imide groups is 1. The molecule has 124 valence electrons. The molecule has 0 aromatic heterocycles. The van der Waals surface area contributed by atoms with E-state index < -0.39 is 35.5 Å². The number of hydrogen-bond acceptors (Lipinski definition) is 4. The summed E-state index contributed by atoms with van der Waals surface area (Å²) in [6.45, 7) is -0.200. The second-order valence-corrected chi connectivity index (χ2v) is 4.89. The van der Waals surface area contributed by atoms with Crippen molar-refractivity contribution < 1.29 is 27.9 Å². The number of methoxy groups -OCH3 is 1. The molecule has 0 unspecified atom stereocenters. The van der Waals surface area contributed by atoms with Gasteiger partial charge in [-0.15, -0.1) is 0 Å². The quantitative estimate of drug-likeness (QED) is 0.666. The van der Waals surface area contributed by atoms with Crippen molar-refractivity contribution in [2.75, 3.05) is 7.11 Å². The van der Waals surface area contributed by atoms with Crippen molar-refractivity contribution in [1.29, 1.82) is 0 Å². The first kappa shape index (κ1) is 16.7. The van der Waals surface area contributed by atoms with Crippen LogP contribution in [-0.2, 0) is 16.1 Å². The van der Waals surface area contributed by atoms with E-state index in [1.165, 1.54) is 19.2 Å². The van der Waals surface area contributed by atoms with Gasteiger partial charge in [-0.2, -0.15) is 4.39 Å². The van der Waals surface area contributed by atoms with Gasteiger partial charge < -0.3 is 15.4 Å². The summed E-state index contributed by atoms with van der Waals surface area (Å²) in [7, 11) is 1.22. The second kappa shape index (κ2) is 7.03. The minimum atomic E-state index is -1.12. The molecule has 7 nitrogen and oxygen atoms in total. The zero-order valence-electron chi connectivity index (χ0n) is 12.2. The Hall–Kier alpha value is -2.71. The molecule has 1 aliphatic rings. The van der Waals surface area contributed by atoms with Crippen molar-refractivity contribution in [3.05, 3.63) is 29.3 Å². The van der Waals surface area contributed by atoms with Crippen molar-refractivity contribution >= 4 is 17.8 Å². The molecule has 9 heteroatoms. The van der Waals surface area contributed by atoms with Crippen LogP contribution in [0.25, 0.3) is 0 Å². The molecule has 0 radical (unpaired) electrons. The molecule has 0 saturated carbocycles. The van der Waals surface area contributed by atoms with Crippen LogP contribution in [0.2, 0.25) is 0 Å². The number of benzene rings is 1. The van der Waals surface area contributed by atoms with Crippen molar-refractivity contribution in [3.8, 4) is 5.75 Å². The van der Waals surface area contributed by atoms with Gasteiger partial charge in [-0.3, -0.25) is 14.9 Å². The first-order chi connectivity index (χ1) is 10.9. The lowest BCUT2D eigenvalue weighted by Gasteiger charge is -2.10. The molecule has 1 aromatic carbocycles. The summed E-state index contributed by atoms with van der Waals surface area (Å²) in [5.41, 5.74) is -0.0245. The Labute approximate surface area is 130 Å². The van der Waals surface area contributed by atoms with Crippen molar-refractivity contribution in [3.63, 3.8) is 0 Å². The minimum absolute atomic E-state index is 0.0245. The maximum Gasteiger partial charge on any atom is 0.322 e. The van der Waals surface area contributed by atoms with Gasteiger partial charge in [-0.05, 0) is 12.5 Å². The Morgan fingerprint density at radius 3 is 2.65 bits per heavy atom. The number of carbonyl (C=O) groups is 3. The lowest BCUT2D eigenvalue weighted by atomic mass is 10.1. The summed E-state index contributed by atoms with van der Waals surface area (Å²) in [5.74, 6) is -3.38. The van der Waals surface area contributed by atoms with Crippen LogP contribution in [0, 0.1) is 11.6 Å². The van der Waals surface area contributed by atoms with E-state index >= 15 is 0 Å². The molecule has 0 bridgehead atoms. The van der Waals surface area contributed by atoms with Crippen molar-refractivity contribution in [1.82, 2.24) is 16.0 Å². The van der Waals surface area contributed by atoms with Crippen LogP contribution in [0.5, 0.6) is 5.75 Å². The van der Waals surface area contributed by atoms with Gasteiger partial charge in [0.25, 0.3) is 5.91 Å². The SMILES string of the molecule is COc1ccc(CNC(=O)CC[C@H]2NC(=O)NC2=O)c(F)c1F. The van der Waals surface area contributed by atoms with Gasteiger partial charge in [0.2, 0.25) is 11.7 Å². The van der Waals surface area contributed by atoms with E-state index in [0.29, 0.717) is 0 Å². The maximum atomic E-state index is 13.7. The van der Waals surface area contributed by atoms with Gasteiger partial charge in [-0.25, -0.2) is 9.18 Å². The lowest BCUT2D eigenvalue weighted by molar-refractivity contribution is -0.122. The second-order valence-electron chi connectivity index (χ2n) is 4.89. The first-order valence-electron chi connectivity index (χ1n) is 6.81. The fourth-order valence-corrected chi connectivity index (χ4v) is 2.09. The van der Waals surface area contributed by atoms with E-state index in [1.54, 1.807) is 0 Å². The molecule has 0 spiro atoms. The molecule has 4 amide bonds. The maximum absolute atomic E-state index is 13.7. The summed E-state index contributed by atoms with van der Waals surface area (Å²) in [6.07, 6.45) is 0.0709. The van der Waals surface area contributed by atoms with Gasteiger partial charge in [0.1, 0.15) is 6.04 Å². The Bertz CT molecular complexity index is 651. The van der Waals surface area contributed by atoms with Crippen LogP contribution in [0.15, 0.2) is 12.1 Å². The Morgan fingerprint density at radius 2 is 2.04 bits per heavy atom. The van der Waals surface area contributed by atoms with Crippen LogP contribution < -0.4 is 20.7 Å². The van der Waals surface area contributed by atoms with E-state index in [0.717, 1.165) is 0 Å². The van der Waals surface area contributed by atoms with Gasteiger partial charge in [0.15, 0.2) is 11.6 Å². The predicted molar refractivity (Wildman–Crippen MR) is 74.5 cm³/mol. The molecule has 3 N–H and O–H groups in total. The van der Waals surface area contributed by atoms with E-state index in [4.69, 9.17) is 0 Å². The largest absolute Gasteiger partial charge is 0.494 e. The highest BCUT2D eigenvalue weighted by Crippen LogP contribution is 2.22. The van der Waals surface area contributed by atoms with E-state index in [9.17, 15) is 23.2 Å². The molecule has 1 saturated heterocycles. The van der Waals surface area contributed by atoms with Crippen LogP contribution in [0.3, 0.4) is 0 Å². The molecule has 23 heavy (non-hydrogen) atoms. The third kappa shape index (κ3) is 3.93. The number of rotatable bonds is 6. The number of ether oxygens (including phenoxy) is 1. The third-order valence-electron chi connectivity index (χ3n) is 3.34. The number of carbonyl (C=O) groups excluding carboxylic acids is 3. The number of amides is 4. The van der Waals surface area contributed by atoms with Crippen LogP contribution in [0.1, 0.15) is 18.4 Å². The van der Waals surface area contributed by atoms with E-state index in [1.807, 2.05) is 5.32 Å². The zero-order chi connectivity index (χ0) is 17.0. The molecule has 1 aromatic rings. The predicted octanol–water partition coefficient (Wildman–Crippen LogP) is 0.578. The Balaban J connectivity index is 1.84. The number of halogens is 2. The smallest absolute Gasteiger partial charge is 0.322 e. The number of nitrogens with one attached hydrogen (secondary N) is 3. The molecular weight excluding hydrogens is 312 g/mol. The summed E-state index contributed by atoms with van der Waals surface area (Å²) in [6, 6.07) is 1.21. The monoisotopic (exact) mass is 327 g/mol. The average molecular weight is 327 g/mol. The molecule has 0 aliphatic carbocycles. The Morgan fingerprint density at radius 1 is 1.30 bits per heavy atom. The number of hydrogen-bond donors (Lipinski definition) is 3. The van der Waals surface area contributed by atoms with Crippen LogP contribution in [-0.4, -0.2) is 31.0 Å². The van der Waals surface area contributed by atoms with Gasteiger partial charge in [0.05, 0.1) is 7.11 Å². The highest BCUT2D eigenvalue weighted by atomic mass is 19.2. The molecular formula is C14H15F2N3O4. The fourth-order valence-electron chi connectivity index (χ4n) is 2.09. The molecule has 1 heterocycles. The first-order valence-corrected chi connectivity index (χ1v) is 6.81. The Kier molecular flexibility index (Phi) is 5.09. The van der Waals surface area contributed by atoms with Gasteiger partial charge in [-0.1, -0.05) is 6.07 Å². The third-order valence-corrected chi connectivity index (χ3v) is 3.34. The topological polar surface area (TPSA) is 96.5 Å². The molecule has 1 atom stereocenters. The van der Waals surface area contributed by atoms with Crippen LogP contribution >= 0.6 is 0 Å². The fraction of sp³-hybridized carbons (Fsp3) is 0.357. The van der Waals surface area contributed by atoms with E-state index in [-0.39, 0.29) is 30.7 Å². The highest BCUT2D eigenvalue weighted by molar-refractivity contribution is 6.04. The molecule has 1 fully saturated rings. The standard InChI is InChI=1S/C14H15F2N3O4/c1-23-9-4-2-7(11(15)12(9)16)6-17-10(20)5-3-8-13(21)19-14(22)18-8/h2,4,8H,3,5-6H2,1H3,(H,17,20)(H2,18,19,21,22)/t8-/m1/s1. The summed E-state index contributed by atoms with van der Waals surface area (Å²) >= 11 is 0. The van der Waals surface area contributed by atoms with Crippen LogP contribution in [0.4, 0.5) is 13.6 Å². The molecule has 1 aliphatic heterocycles. The van der Waals surface area contributed by atoms with Crippen molar-refractivity contribution in [2.45, 2.75) is 25.4 Å². The zero-order valence-corrected chi connectivity index (χ0v) is 12.2. The normalized spacial score (nSPS) is 16.7. The lowest BCUT2D eigenvalue weighted by Crippen LogP contribution is -2.31. The summed E-state index contributed by atoms with van der Waals surface area (Å²) in [4.78, 5) is 33.9. The summed E-state index contributed by atoms with van der Waals surface area (Å²) in [5, 5.41) is 6.83. The summed E-state index contributed by atoms with van der Waals surface area (Å²) < 4.78 is 31.9. The van der Waals surface area contributed by atoms with Crippen molar-refractivity contribution in [2.24, 2.45) is 0 Å². The van der Waals surface area contributed by atoms with E-state index in [2.05, 4.69) is 15.4 Å². The number of urea groups is 1. The van der Waals surface area contributed by atoms with Gasteiger partial charge >= 0.3 is 6.03 Å². The molecule has 2 rings (SSSR count). The average Bonchev–Trinajstić information content (AvgIpc) is 2.84. The highest BCUT2D eigenvalue weighted by Gasteiger charge is 2.29.